The van der Waals surface area contributed by atoms with Gasteiger partial charge < -0.3 is 10.2 Å². The molecule has 0 aromatic heterocycles. The van der Waals surface area contributed by atoms with E-state index in [4.69, 9.17) is 23.2 Å². The molecule has 0 unspecified atom stereocenters. The number of halogens is 2. The van der Waals surface area contributed by atoms with E-state index < -0.39 is 33.4 Å². The van der Waals surface area contributed by atoms with E-state index in [1.165, 1.54) is 23.1 Å². The molecule has 0 radical (unpaired) electrons. The summed E-state index contributed by atoms with van der Waals surface area (Å²) in [4.78, 5) is 40.3. The normalized spacial score (nSPS) is 14.4. The Morgan fingerprint density at radius 2 is 1.66 bits per heavy atom. The first-order chi connectivity index (χ1) is 20.9. The van der Waals surface area contributed by atoms with Crippen LogP contribution in [0.25, 0.3) is 0 Å². The molecule has 0 aliphatic heterocycles. The number of sulfonamides is 1. The third-order valence-electron chi connectivity index (χ3n) is 7.57. The van der Waals surface area contributed by atoms with Crippen molar-refractivity contribution in [1.82, 2.24) is 10.2 Å². The van der Waals surface area contributed by atoms with E-state index in [1.54, 1.807) is 18.2 Å². The molecule has 0 heterocycles. The summed E-state index contributed by atoms with van der Waals surface area (Å²) in [6.07, 6.45) is 5.83. The fraction of sp³-hybridized carbons (Fsp3) is 0.355. The fourth-order valence-corrected chi connectivity index (χ4v) is 6.47. The molecule has 1 fully saturated rings. The van der Waals surface area contributed by atoms with Crippen molar-refractivity contribution in [1.29, 1.82) is 0 Å². The molecule has 4 rings (SSSR count). The van der Waals surface area contributed by atoms with Crippen LogP contribution in [-0.2, 0) is 32.6 Å². The van der Waals surface area contributed by atoms with Crippen LogP contribution in [0.1, 0.15) is 43.2 Å². The van der Waals surface area contributed by atoms with Crippen LogP contribution in [0.2, 0.25) is 10.0 Å². The van der Waals surface area contributed by atoms with Crippen LogP contribution in [0.5, 0.6) is 0 Å². The first kappa shape index (κ1) is 33.2. The largest absolute Gasteiger partial charge is 0.352 e. The van der Waals surface area contributed by atoms with E-state index in [-0.39, 0.29) is 41.3 Å². The van der Waals surface area contributed by atoms with Gasteiger partial charge in [-0.3, -0.25) is 24.0 Å². The second kappa shape index (κ2) is 14.9. The van der Waals surface area contributed by atoms with Gasteiger partial charge in [0.2, 0.25) is 21.8 Å². The summed E-state index contributed by atoms with van der Waals surface area (Å²) in [5, 5.41) is 15.1. The predicted molar refractivity (Wildman–Crippen MR) is 171 cm³/mol. The Balaban J connectivity index is 1.75. The zero-order chi connectivity index (χ0) is 31.9. The number of benzene rings is 3. The second-order valence-electron chi connectivity index (χ2n) is 10.9. The molecule has 234 valence electrons. The van der Waals surface area contributed by atoms with Crippen molar-refractivity contribution in [2.24, 2.45) is 0 Å². The van der Waals surface area contributed by atoms with Gasteiger partial charge in [-0.05, 0) is 42.2 Å². The van der Waals surface area contributed by atoms with Crippen molar-refractivity contribution in [3.63, 3.8) is 0 Å². The molecule has 3 aromatic carbocycles. The molecule has 1 N–H and O–H groups in total. The molecular weight excluding hydrogens is 627 g/mol. The highest BCUT2D eigenvalue weighted by Gasteiger charge is 2.34. The Kier molecular flexibility index (Phi) is 11.2. The van der Waals surface area contributed by atoms with Gasteiger partial charge in [-0.15, -0.1) is 0 Å². The minimum atomic E-state index is -4.08. The Morgan fingerprint density at radius 3 is 2.30 bits per heavy atom. The lowest BCUT2D eigenvalue weighted by Gasteiger charge is -2.35. The highest BCUT2D eigenvalue weighted by atomic mass is 35.5. The zero-order valence-corrected chi connectivity index (χ0v) is 26.5. The zero-order valence-electron chi connectivity index (χ0n) is 24.2. The van der Waals surface area contributed by atoms with Gasteiger partial charge in [-0.25, -0.2) is 8.42 Å². The summed E-state index contributed by atoms with van der Waals surface area (Å²) >= 11 is 12.4. The number of nitro groups is 1. The Morgan fingerprint density at radius 1 is 0.955 bits per heavy atom. The van der Waals surface area contributed by atoms with E-state index in [2.05, 4.69) is 5.32 Å². The quantitative estimate of drug-likeness (QED) is 0.194. The summed E-state index contributed by atoms with van der Waals surface area (Å²) in [5.74, 6) is -1.02. The summed E-state index contributed by atoms with van der Waals surface area (Å²) in [6, 6.07) is 18.1. The maximum absolute atomic E-state index is 14.2. The fourth-order valence-electron chi connectivity index (χ4n) is 5.31. The first-order valence-corrected chi connectivity index (χ1v) is 16.8. The lowest BCUT2D eigenvalue weighted by Crippen LogP contribution is -2.55. The summed E-state index contributed by atoms with van der Waals surface area (Å²) < 4.78 is 26.7. The Bertz CT molecular complexity index is 1600. The SMILES string of the molecule is CS(=O)(=O)N(CC(=O)N(Cc1ccc(Cl)c(Cl)c1)[C@@H](Cc1ccccc1)C(=O)NC1CCCCC1)c1cccc([N+](=O)[O-])c1. The number of nitrogens with one attached hydrogen (secondary N) is 1. The van der Waals surface area contributed by atoms with Gasteiger partial charge in [0.25, 0.3) is 5.69 Å². The first-order valence-electron chi connectivity index (χ1n) is 14.2. The highest BCUT2D eigenvalue weighted by Crippen LogP contribution is 2.27. The van der Waals surface area contributed by atoms with Crippen LogP contribution in [0, 0.1) is 10.1 Å². The summed E-state index contributed by atoms with van der Waals surface area (Å²) in [5.41, 5.74) is 1.01. The van der Waals surface area contributed by atoms with E-state index in [9.17, 15) is 28.1 Å². The molecule has 10 nitrogen and oxygen atoms in total. The van der Waals surface area contributed by atoms with Gasteiger partial charge in [0.1, 0.15) is 12.6 Å². The lowest BCUT2D eigenvalue weighted by atomic mass is 9.94. The monoisotopic (exact) mass is 660 g/mol. The van der Waals surface area contributed by atoms with Gasteiger partial charge >= 0.3 is 0 Å². The van der Waals surface area contributed by atoms with Crippen LogP contribution in [0.4, 0.5) is 11.4 Å². The third kappa shape index (κ3) is 8.93. The van der Waals surface area contributed by atoms with Crippen molar-refractivity contribution < 1.29 is 22.9 Å². The van der Waals surface area contributed by atoms with Crippen molar-refractivity contribution in [3.8, 4) is 0 Å². The Hall–Kier alpha value is -3.67. The van der Waals surface area contributed by atoms with Gasteiger partial charge in [-0.2, -0.15) is 0 Å². The molecular formula is C31H34Cl2N4O6S. The molecule has 0 bridgehead atoms. The van der Waals surface area contributed by atoms with E-state index in [0.717, 1.165) is 54.3 Å². The topological polar surface area (TPSA) is 130 Å². The van der Waals surface area contributed by atoms with Crippen LogP contribution < -0.4 is 9.62 Å². The van der Waals surface area contributed by atoms with Crippen molar-refractivity contribution >= 4 is 56.4 Å². The predicted octanol–water partition coefficient (Wildman–Crippen LogP) is 5.76. The van der Waals surface area contributed by atoms with Gasteiger partial charge in [-0.1, -0.05) is 84.9 Å². The highest BCUT2D eigenvalue weighted by molar-refractivity contribution is 7.92. The van der Waals surface area contributed by atoms with E-state index in [1.807, 2.05) is 30.3 Å². The standard InChI is InChI=1S/C31H34Cl2N4O6S/c1-44(42,43)36(25-13-8-14-26(19-25)37(40)41)21-30(38)35(20-23-15-16-27(32)28(33)17-23)29(18-22-9-4-2-5-10-22)31(39)34-24-11-6-3-7-12-24/h2,4-5,8-10,13-17,19,24,29H,3,6-7,11-12,18,20-21H2,1H3,(H,34,39)/t29-/m0/s1. The number of rotatable bonds is 12. The number of carbonyl (C=O) groups is 2. The molecule has 44 heavy (non-hydrogen) atoms. The number of hydrogen-bond acceptors (Lipinski definition) is 6. The molecule has 1 aliphatic rings. The maximum atomic E-state index is 14.2. The average molecular weight is 662 g/mol. The van der Waals surface area contributed by atoms with Gasteiger partial charge in [0.05, 0.1) is 26.9 Å². The van der Waals surface area contributed by atoms with Crippen LogP contribution in [0.3, 0.4) is 0 Å². The number of amides is 2. The minimum absolute atomic E-state index is 0.0335. The molecule has 0 saturated heterocycles. The number of carbonyl (C=O) groups excluding carboxylic acids is 2. The molecule has 3 aromatic rings. The number of nitrogens with zero attached hydrogens (tertiary/aromatic N) is 3. The molecule has 1 saturated carbocycles. The molecule has 2 amide bonds. The lowest BCUT2D eigenvalue weighted by molar-refractivity contribution is -0.384. The van der Waals surface area contributed by atoms with Crippen molar-refractivity contribution in [2.75, 3.05) is 17.1 Å². The van der Waals surface area contributed by atoms with Crippen LogP contribution in [-0.4, -0.2) is 54.9 Å². The summed E-state index contributed by atoms with van der Waals surface area (Å²) in [7, 11) is -4.08. The average Bonchev–Trinajstić information content (AvgIpc) is 2.99. The number of anilines is 1. The molecule has 0 spiro atoms. The summed E-state index contributed by atoms with van der Waals surface area (Å²) in [6.45, 7) is -0.763. The molecule has 1 atom stereocenters. The number of nitro benzene ring substituents is 1. The second-order valence-corrected chi connectivity index (χ2v) is 13.6. The third-order valence-corrected chi connectivity index (χ3v) is 9.45. The molecule has 13 heteroatoms. The van der Waals surface area contributed by atoms with Crippen LogP contribution in [0.15, 0.2) is 72.8 Å². The number of hydrogen-bond donors (Lipinski definition) is 1. The molecule has 1 aliphatic carbocycles. The minimum Gasteiger partial charge on any atom is -0.352 e. The van der Waals surface area contributed by atoms with E-state index in [0.29, 0.717) is 10.6 Å². The Labute approximate surface area is 267 Å². The van der Waals surface area contributed by atoms with Gasteiger partial charge in [0.15, 0.2) is 0 Å². The van der Waals surface area contributed by atoms with E-state index >= 15 is 0 Å². The van der Waals surface area contributed by atoms with Crippen molar-refractivity contribution in [3.05, 3.63) is 104 Å². The smallest absolute Gasteiger partial charge is 0.271 e. The maximum Gasteiger partial charge on any atom is 0.271 e. The number of non-ortho nitro benzene ring substituents is 1. The van der Waals surface area contributed by atoms with Crippen molar-refractivity contribution in [2.45, 2.75) is 57.2 Å². The van der Waals surface area contributed by atoms with Gasteiger partial charge in [0, 0.05) is 31.1 Å². The van der Waals surface area contributed by atoms with Crippen LogP contribution >= 0.6 is 23.2 Å².